The maximum Gasteiger partial charge on any atom is 0.257 e. The number of benzene rings is 2. The number of hydrogen-bond acceptors (Lipinski definition) is 7. The molecular formula is C26H33FN4O2S2. The van der Waals surface area contributed by atoms with Gasteiger partial charge in [-0.3, -0.25) is 15.0 Å². The number of nitrogens with zero attached hydrogens (tertiary/aromatic N) is 3. The normalized spacial score (nSPS) is 12.2. The fourth-order valence-electron chi connectivity index (χ4n) is 3.64. The summed E-state index contributed by atoms with van der Waals surface area (Å²) in [5.74, 6) is 0.602. The van der Waals surface area contributed by atoms with E-state index in [1.165, 1.54) is 23.5 Å². The molecule has 0 aliphatic rings. The first kappa shape index (κ1) is 27.1. The Kier molecular flexibility index (Phi) is 10.1. The maximum absolute atomic E-state index is 13.2. The molecule has 0 bridgehead atoms. The number of aromatic nitrogens is 2. The standard InChI is InChI=1S/C26H33FN4O2S2/c1-6-31(7-2)18(5)34-26-30-29-25(35-26)28-24(32)20-10-13-23(21(15-20)14-17(3)4)33-16-19-8-11-22(27)12-9-19/h8-13,15,17-18H,6-7,14,16H2,1-5H3,(H,28,29,32). The number of ether oxygens (including phenoxy) is 1. The van der Waals surface area contributed by atoms with Gasteiger partial charge in [0.25, 0.3) is 5.91 Å². The second kappa shape index (κ2) is 13.0. The van der Waals surface area contributed by atoms with Crippen LogP contribution in [0.5, 0.6) is 5.75 Å². The van der Waals surface area contributed by atoms with Crippen molar-refractivity contribution in [1.29, 1.82) is 0 Å². The minimum absolute atomic E-state index is 0.232. The highest BCUT2D eigenvalue weighted by atomic mass is 32.2. The number of hydrogen-bond donors (Lipinski definition) is 1. The highest BCUT2D eigenvalue weighted by Gasteiger charge is 2.17. The van der Waals surface area contributed by atoms with Crippen LogP contribution in [0.4, 0.5) is 9.52 Å². The van der Waals surface area contributed by atoms with E-state index in [4.69, 9.17) is 4.74 Å². The van der Waals surface area contributed by atoms with Crippen molar-refractivity contribution in [2.75, 3.05) is 18.4 Å². The Hall–Kier alpha value is -2.49. The molecule has 35 heavy (non-hydrogen) atoms. The molecule has 0 aliphatic heterocycles. The lowest BCUT2D eigenvalue weighted by molar-refractivity contribution is 0.102. The summed E-state index contributed by atoms with van der Waals surface area (Å²) in [5, 5.41) is 12.0. The number of halogens is 1. The molecule has 3 rings (SSSR count). The first-order valence-electron chi connectivity index (χ1n) is 11.8. The number of amides is 1. The zero-order valence-corrected chi connectivity index (χ0v) is 22.5. The zero-order chi connectivity index (χ0) is 25.4. The maximum atomic E-state index is 13.2. The smallest absolute Gasteiger partial charge is 0.257 e. The Bertz CT molecular complexity index is 1100. The molecule has 0 saturated carbocycles. The van der Waals surface area contributed by atoms with Crippen LogP contribution in [0.25, 0.3) is 0 Å². The molecule has 1 amide bonds. The van der Waals surface area contributed by atoms with E-state index in [9.17, 15) is 9.18 Å². The minimum Gasteiger partial charge on any atom is -0.489 e. The van der Waals surface area contributed by atoms with E-state index in [1.807, 2.05) is 12.1 Å². The van der Waals surface area contributed by atoms with E-state index in [1.54, 1.807) is 30.0 Å². The summed E-state index contributed by atoms with van der Waals surface area (Å²) in [7, 11) is 0. The van der Waals surface area contributed by atoms with Crippen LogP contribution in [0.1, 0.15) is 56.1 Å². The van der Waals surface area contributed by atoms with Crippen molar-refractivity contribution in [2.45, 2.75) is 57.4 Å². The van der Waals surface area contributed by atoms with Crippen LogP contribution in [0.2, 0.25) is 0 Å². The lowest BCUT2D eigenvalue weighted by Gasteiger charge is -2.24. The summed E-state index contributed by atoms with van der Waals surface area (Å²) in [6, 6.07) is 11.7. The molecule has 0 fully saturated rings. The predicted molar refractivity (Wildman–Crippen MR) is 142 cm³/mol. The number of carbonyl (C=O) groups excluding carboxylic acids is 1. The highest BCUT2D eigenvalue weighted by molar-refractivity contribution is 8.01. The van der Waals surface area contributed by atoms with Gasteiger partial charge in [0.1, 0.15) is 18.2 Å². The van der Waals surface area contributed by atoms with Gasteiger partial charge in [0, 0.05) is 5.56 Å². The molecule has 0 radical (unpaired) electrons. The number of thioether (sulfide) groups is 1. The third kappa shape index (κ3) is 8.02. The lowest BCUT2D eigenvalue weighted by Crippen LogP contribution is -2.30. The van der Waals surface area contributed by atoms with Gasteiger partial charge in [0.2, 0.25) is 5.13 Å². The Morgan fingerprint density at radius 3 is 2.49 bits per heavy atom. The number of nitrogens with one attached hydrogen (secondary N) is 1. The molecule has 1 N–H and O–H groups in total. The van der Waals surface area contributed by atoms with Crippen LogP contribution < -0.4 is 10.1 Å². The van der Waals surface area contributed by atoms with Crippen LogP contribution in [0.3, 0.4) is 0 Å². The van der Waals surface area contributed by atoms with Gasteiger partial charge >= 0.3 is 0 Å². The fourth-order valence-corrected chi connectivity index (χ4v) is 5.78. The third-order valence-corrected chi connectivity index (χ3v) is 7.58. The topological polar surface area (TPSA) is 67.4 Å². The molecule has 0 saturated heterocycles. The fraction of sp³-hybridized carbons (Fsp3) is 0.423. The quantitative estimate of drug-likeness (QED) is 0.169. The molecule has 188 valence electrons. The zero-order valence-electron chi connectivity index (χ0n) is 20.9. The molecular weight excluding hydrogens is 483 g/mol. The van der Waals surface area contributed by atoms with Crippen molar-refractivity contribution in [3.63, 3.8) is 0 Å². The van der Waals surface area contributed by atoms with Crippen LogP contribution in [-0.4, -0.2) is 39.5 Å². The lowest BCUT2D eigenvalue weighted by atomic mass is 9.99. The average molecular weight is 517 g/mol. The van der Waals surface area contributed by atoms with E-state index in [0.29, 0.717) is 23.2 Å². The Balaban J connectivity index is 1.68. The minimum atomic E-state index is -0.274. The van der Waals surface area contributed by atoms with Gasteiger partial charge in [-0.1, -0.05) is 62.9 Å². The van der Waals surface area contributed by atoms with Gasteiger partial charge in [0.05, 0.1) is 5.37 Å². The summed E-state index contributed by atoms with van der Waals surface area (Å²) in [6.07, 6.45) is 0.767. The molecule has 0 aliphatic carbocycles. The van der Waals surface area contributed by atoms with E-state index < -0.39 is 0 Å². The van der Waals surface area contributed by atoms with E-state index in [0.717, 1.165) is 40.7 Å². The Morgan fingerprint density at radius 1 is 1.11 bits per heavy atom. The monoisotopic (exact) mass is 516 g/mol. The summed E-state index contributed by atoms with van der Waals surface area (Å²) >= 11 is 3.02. The molecule has 3 aromatic rings. The molecule has 1 heterocycles. The summed E-state index contributed by atoms with van der Waals surface area (Å²) in [5.41, 5.74) is 2.37. The van der Waals surface area contributed by atoms with Crippen molar-refractivity contribution in [3.8, 4) is 5.75 Å². The molecule has 0 spiro atoms. The SMILES string of the molecule is CCN(CC)C(C)Sc1nnc(NC(=O)c2ccc(OCc3ccc(F)cc3)c(CC(C)C)c2)s1. The first-order valence-corrected chi connectivity index (χ1v) is 13.5. The second-order valence-corrected chi connectivity index (χ2v) is 11.1. The molecule has 1 atom stereocenters. The highest BCUT2D eigenvalue weighted by Crippen LogP contribution is 2.31. The number of carbonyl (C=O) groups is 1. The summed E-state index contributed by atoms with van der Waals surface area (Å²) in [6.45, 7) is 12.9. The van der Waals surface area contributed by atoms with E-state index in [2.05, 4.69) is 55.0 Å². The van der Waals surface area contributed by atoms with Gasteiger partial charge in [-0.25, -0.2) is 4.39 Å². The predicted octanol–water partition coefficient (Wildman–Crippen LogP) is 6.49. The average Bonchev–Trinajstić information content (AvgIpc) is 3.26. The third-order valence-electron chi connectivity index (χ3n) is 5.48. The van der Waals surface area contributed by atoms with Crippen LogP contribution in [-0.2, 0) is 13.0 Å². The van der Waals surface area contributed by atoms with Gasteiger partial charge in [-0.15, -0.1) is 10.2 Å². The summed E-state index contributed by atoms with van der Waals surface area (Å²) < 4.78 is 20.0. The molecule has 9 heteroatoms. The molecule has 6 nitrogen and oxygen atoms in total. The molecule has 2 aromatic carbocycles. The number of rotatable bonds is 12. The van der Waals surface area contributed by atoms with Crippen LogP contribution >= 0.6 is 23.1 Å². The van der Waals surface area contributed by atoms with Crippen molar-refractivity contribution >= 4 is 34.1 Å². The van der Waals surface area contributed by atoms with Gasteiger partial charge < -0.3 is 4.74 Å². The van der Waals surface area contributed by atoms with Gasteiger partial charge in [-0.05, 0) is 73.8 Å². The Labute approximate surface area is 215 Å². The van der Waals surface area contributed by atoms with Gasteiger partial charge in [0.15, 0.2) is 4.34 Å². The Morgan fingerprint density at radius 2 is 1.83 bits per heavy atom. The van der Waals surface area contributed by atoms with Crippen molar-refractivity contribution in [1.82, 2.24) is 15.1 Å². The first-order chi connectivity index (χ1) is 16.8. The van der Waals surface area contributed by atoms with Crippen molar-refractivity contribution in [3.05, 3.63) is 65.0 Å². The van der Waals surface area contributed by atoms with Crippen LogP contribution in [0.15, 0.2) is 46.8 Å². The van der Waals surface area contributed by atoms with Gasteiger partial charge in [-0.2, -0.15) is 0 Å². The summed E-state index contributed by atoms with van der Waals surface area (Å²) in [4.78, 5) is 15.3. The van der Waals surface area contributed by atoms with E-state index in [-0.39, 0.29) is 17.1 Å². The number of anilines is 1. The molecule has 1 unspecified atom stereocenters. The largest absolute Gasteiger partial charge is 0.489 e. The second-order valence-electron chi connectivity index (χ2n) is 8.60. The van der Waals surface area contributed by atoms with Crippen LogP contribution in [0, 0.1) is 11.7 Å². The molecule has 1 aromatic heterocycles. The van der Waals surface area contributed by atoms with E-state index >= 15 is 0 Å². The van der Waals surface area contributed by atoms with Crippen molar-refractivity contribution < 1.29 is 13.9 Å². The van der Waals surface area contributed by atoms with Crippen molar-refractivity contribution in [2.24, 2.45) is 5.92 Å².